The molecule has 0 radical (unpaired) electrons. The van der Waals surface area contributed by atoms with Gasteiger partial charge in [0.05, 0.1) is 0 Å². The van der Waals surface area contributed by atoms with Crippen molar-refractivity contribution in [1.82, 2.24) is 19.8 Å². The van der Waals surface area contributed by atoms with E-state index < -0.39 is 0 Å². The first-order chi connectivity index (χ1) is 8.79. The number of piperidine rings is 1. The van der Waals surface area contributed by atoms with E-state index in [1.165, 1.54) is 38.9 Å². The van der Waals surface area contributed by atoms with E-state index in [1.807, 2.05) is 6.20 Å². The Kier molecular flexibility index (Phi) is 5.20. The number of rotatable bonds is 6. The van der Waals surface area contributed by atoms with Crippen LogP contribution in [0, 0.1) is 12.8 Å². The molecule has 4 heteroatoms. The van der Waals surface area contributed by atoms with E-state index in [4.69, 9.17) is 0 Å². The van der Waals surface area contributed by atoms with E-state index >= 15 is 0 Å². The van der Waals surface area contributed by atoms with Gasteiger partial charge in [0.2, 0.25) is 0 Å². The zero-order valence-electron chi connectivity index (χ0n) is 11.7. The predicted octanol–water partition coefficient (Wildman–Crippen LogP) is 1.51. The Labute approximate surface area is 110 Å². The fourth-order valence-corrected chi connectivity index (χ4v) is 2.91. The lowest BCUT2D eigenvalue weighted by molar-refractivity contribution is 0.170. The Hall–Kier alpha value is -0.870. The molecule has 1 saturated heterocycles. The second kappa shape index (κ2) is 6.90. The third-order valence-electron chi connectivity index (χ3n) is 3.89. The molecule has 1 aliphatic rings. The summed E-state index contributed by atoms with van der Waals surface area (Å²) in [6.07, 6.45) is 7.94. The smallest absolute Gasteiger partial charge is 0.105 e. The summed E-state index contributed by atoms with van der Waals surface area (Å²) in [4.78, 5) is 6.88. The van der Waals surface area contributed by atoms with E-state index in [0.717, 1.165) is 24.8 Å². The van der Waals surface area contributed by atoms with Crippen LogP contribution in [0.25, 0.3) is 0 Å². The van der Waals surface area contributed by atoms with Crippen LogP contribution in [0.4, 0.5) is 0 Å². The van der Waals surface area contributed by atoms with Crippen LogP contribution in [-0.4, -0.2) is 47.7 Å². The van der Waals surface area contributed by atoms with Crippen molar-refractivity contribution in [2.24, 2.45) is 5.92 Å². The van der Waals surface area contributed by atoms with Gasteiger partial charge in [-0.2, -0.15) is 0 Å². The zero-order valence-corrected chi connectivity index (χ0v) is 11.7. The second-order valence-corrected chi connectivity index (χ2v) is 5.39. The van der Waals surface area contributed by atoms with Gasteiger partial charge < -0.3 is 14.8 Å². The van der Waals surface area contributed by atoms with Gasteiger partial charge in [-0.25, -0.2) is 4.98 Å². The first kappa shape index (κ1) is 13.6. The highest BCUT2D eigenvalue weighted by Crippen LogP contribution is 2.15. The minimum absolute atomic E-state index is 0.846. The van der Waals surface area contributed by atoms with Crippen LogP contribution in [0.1, 0.15) is 25.1 Å². The highest BCUT2D eigenvalue weighted by molar-refractivity contribution is 4.88. The number of nitrogens with zero attached hydrogens (tertiary/aromatic N) is 3. The van der Waals surface area contributed by atoms with Gasteiger partial charge in [-0.1, -0.05) is 0 Å². The molecule has 1 N–H and O–H groups in total. The van der Waals surface area contributed by atoms with E-state index in [1.54, 1.807) is 0 Å². The molecule has 2 heterocycles. The van der Waals surface area contributed by atoms with Crippen molar-refractivity contribution in [3.05, 3.63) is 18.2 Å². The van der Waals surface area contributed by atoms with Crippen molar-refractivity contribution in [1.29, 1.82) is 0 Å². The van der Waals surface area contributed by atoms with Gasteiger partial charge in [0, 0.05) is 25.5 Å². The fourth-order valence-electron chi connectivity index (χ4n) is 2.91. The summed E-state index contributed by atoms with van der Waals surface area (Å²) in [5.74, 6) is 1.97. The number of likely N-dealkylation sites (tertiary alicyclic amines) is 1. The molecule has 0 unspecified atom stereocenters. The van der Waals surface area contributed by atoms with E-state index in [2.05, 4.69) is 39.9 Å². The summed E-state index contributed by atoms with van der Waals surface area (Å²) in [7, 11) is 2.06. The molecular weight excluding hydrogens is 224 g/mol. The molecule has 0 bridgehead atoms. The SMILES string of the molecule is CNC[C@@H]1CCCN(CCCn2ccnc2C)C1. The van der Waals surface area contributed by atoms with Crippen LogP contribution in [0.2, 0.25) is 0 Å². The summed E-state index contributed by atoms with van der Waals surface area (Å²) in [6, 6.07) is 0. The molecule has 1 aliphatic heterocycles. The van der Waals surface area contributed by atoms with E-state index in [0.29, 0.717) is 0 Å². The van der Waals surface area contributed by atoms with Gasteiger partial charge in [-0.3, -0.25) is 0 Å². The van der Waals surface area contributed by atoms with E-state index in [-0.39, 0.29) is 0 Å². The molecule has 0 amide bonds. The Morgan fingerprint density at radius 1 is 1.44 bits per heavy atom. The van der Waals surface area contributed by atoms with Gasteiger partial charge >= 0.3 is 0 Å². The van der Waals surface area contributed by atoms with Crippen LogP contribution in [-0.2, 0) is 6.54 Å². The predicted molar refractivity (Wildman–Crippen MR) is 74.7 cm³/mol. The summed E-state index contributed by atoms with van der Waals surface area (Å²) in [6.45, 7) is 8.10. The van der Waals surface area contributed by atoms with Gasteiger partial charge in [0.15, 0.2) is 0 Å². The zero-order chi connectivity index (χ0) is 12.8. The molecule has 0 saturated carbocycles. The van der Waals surface area contributed by atoms with Crippen molar-refractivity contribution >= 4 is 0 Å². The Morgan fingerprint density at radius 2 is 2.33 bits per heavy atom. The minimum Gasteiger partial charge on any atom is -0.335 e. The van der Waals surface area contributed by atoms with Crippen molar-refractivity contribution in [3.8, 4) is 0 Å². The molecule has 102 valence electrons. The van der Waals surface area contributed by atoms with Crippen LogP contribution in [0.5, 0.6) is 0 Å². The monoisotopic (exact) mass is 250 g/mol. The largest absolute Gasteiger partial charge is 0.335 e. The van der Waals surface area contributed by atoms with E-state index in [9.17, 15) is 0 Å². The summed E-state index contributed by atoms with van der Waals surface area (Å²) in [5.41, 5.74) is 0. The average Bonchev–Trinajstić information content (AvgIpc) is 2.76. The number of aromatic nitrogens is 2. The lowest BCUT2D eigenvalue weighted by atomic mass is 9.98. The molecule has 1 aromatic heterocycles. The van der Waals surface area contributed by atoms with Crippen LogP contribution < -0.4 is 5.32 Å². The lowest BCUT2D eigenvalue weighted by Gasteiger charge is -2.32. The van der Waals surface area contributed by atoms with Gasteiger partial charge in [0.25, 0.3) is 0 Å². The lowest BCUT2D eigenvalue weighted by Crippen LogP contribution is -2.39. The molecular formula is C14H26N4. The van der Waals surface area contributed by atoms with Crippen molar-refractivity contribution < 1.29 is 0 Å². The molecule has 4 nitrogen and oxygen atoms in total. The van der Waals surface area contributed by atoms with Crippen LogP contribution >= 0.6 is 0 Å². The van der Waals surface area contributed by atoms with Gasteiger partial charge in [0.1, 0.15) is 5.82 Å². The fraction of sp³-hybridized carbons (Fsp3) is 0.786. The van der Waals surface area contributed by atoms with Crippen LogP contribution in [0.3, 0.4) is 0 Å². The van der Waals surface area contributed by atoms with Gasteiger partial charge in [-0.15, -0.1) is 0 Å². The normalized spacial score (nSPS) is 21.3. The second-order valence-electron chi connectivity index (χ2n) is 5.39. The number of imidazole rings is 1. The first-order valence-corrected chi connectivity index (χ1v) is 7.14. The Morgan fingerprint density at radius 3 is 3.06 bits per heavy atom. The average molecular weight is 250 g/mol. The maximum Gasteiger partial charge on any atom is 0.105 e. The number of hydrogen-bond donors (Lipinski definition) is 1. The number of aryl methyl sites for hydroxylation is 2. The summed E-state index contributed by atoms with van der Waals surface area (Å²) < 4.78 is 2.25. The Balaban J connectivity index is 1.68. The quantitative estimate of drug-likeness (QED) is 0.831. The molecule has 0 aliphatic carbocycles. The first-order valence-electron chi connectivity index (χ1n) is 7.14. The van der Waals surface area contributed by atoms with Crippen LogP contribution in [0.15, 0.2) is 12.4 Å². The summed E-state index contributed by atoms with van der Waals surface area (Å²) >= 11 is 0. The topological polar surface area (TPSA) is 33.1 Å². The molecule has 0 aromatic carbocycles. The maximum absolute atomic E-state index is 4.26. The number of hydrogen-bond acceptors (Lipinski definition) is 3. The minimum atomic E-state index is 0.846. The molecule has 1 fully saturated rings. The van der Waals surface area contributed by atoms with Gasteiger partial charge in [-0.05, 0) is 58.8 Å². The third kappa shape index (κ3) is 3.82. The maximum atomic E-state index is 4.26. The molecule has 1 atom stereocenters. The highest BCUT2D eigenvalue weighted by Gasteiger charge is 2.18. The molecule has 0 spiro atoms. The molecule has 1 aromatic rings. The molecule has 2 rings (SSSR count). The van der Waals surface area contributed by atoms with Crippen molar-refractivity contribution in [2.45, 2.75) is 32.7 Å². The van der Waals surface area contributed by atoms with Crippen molar-refractivity contribution in [3.63, 3.8) is 0 Å². The highest BCUT2D eigenvalue weighted by atomic mass is 15.1. The van der Waals surface area contributed by atoms with Crippen molar-refractivity contribution in [2.75, 3.05) is 33.2 Å². The number of nitrogens with one attached hydrogen (secondary N) is 1. The Bertz CT molecular complexity index is 345. The third-order valence-corrected chi connectivity index (χ3v) is 3.89. The molecule has 18 heavy (non-hydrogen) atoms. The summed E-state index contributed by atoms with van der Waals surface area (Å²) in [5, 5.41) is 3.30. The standard InChI is InChI=1S/C14H26N4/c1-13-16-6-10-18(13)9-4-8-17-7-3-5-14(12-17)11-15-2/h6,10,14-15H,3-5,7-9,11-12H2,1-2H3/t14-/m0/s1.